The van der Waals surface area contributed by atoms with Crippen LogP contribution in [0.2, 0.25) is 0 Å². The van der Waals surface area contributed by atoms with Gasteiger partial charge in [0, 0.05) is 32.9 Å². The summed E-state index contributed by atoms with van der Waals surface area (Å²) < 4.78 is 1.98. The van der Waals surface area contributed by atoms with E-state index in [9.17, 15) is 0 Å². The van der Waals surface area contributed by atoms with Crippen LogP contribution in [-0.2, 0) is 20.0 Å². The molecule has 3 aromatic rings. The monoisotopic (exact) mass is 447 g/mol. The quantitative estimate of drug-likeness (QED) is 0.279. The van der Waals surface area contributed by atoms with Gasteiger partial charge in [-0.15, -0.1) is 10.2 Å². The second kappa shape index (κ2) is 12.0. The third-order valence-electron chi connectivity index (χ3n) is 5.96. The van der Waals surface area contributed by atoms with E-state index in [2.05, 4.69) is 95.2 Å². The van der Waals surface area contributed by atoms with Gasteiger partial charge in [0.2, 0.25) is 0 Å². The molecule has 3 rings (SSSR count). The van der Waals surface area contributed by atoms with Crippen molar-refractivity contribution in [3.63, 3.8) is 0 Å². The summed E-state index contributed by atoms with van der Waals surface area (Å²) in [7, 11) is 4.10. The first-order valence-corrected chi connectivity index (χ1v) is 11.7. The zero-order valence-corrected chi connectivity index (χ0v) is 20.5. The van der Waals surface area contributed by atoms with Crippen molar-refractivity contribution in [2.45, 2.75) is 46.2 Å². The minimum atomic E-state index is 0.135. The second-order valence-corrected chi connectivity index (χ2v) is 8.39. The molecule has 0 aliphatic heterocycles. The van der Waals surface area contributed by atoms with E-state index in [0.717, 1.165) is 43.5 Å². The van der Waals surface area contributed by atoms with E-state index < -0.39 is 0 Å². The Bertz CT molecular complexity index is 1010. The molecule has 1 unspecified atom stereocenters. The summed E-state index contributed by atoms with van der Waals surface area (Å²) in [4.78, 5) is 7.07. The largest absolute Gasteiger partial charge is 0.375 e. The molecule has 0 spiro atoms. The van der Waals surface area contributed by atoms with Crippen molar-refractivity contribution in [3.8, 4) is 0 Å². The van der Waals surface area contributed by atoms with Crippen LogP contribution in [0, 0.1) is 6.92 Å². The van der Waals surface area contributed by atoms with Crippen molar-refractivity contribution < 1.29 is 0 Å². The normalized spacial score (nSPS) is 12.5. The molecule has 0 saturated heterocycles. The van der Waals surface area contributed by atoms with E-state index in [4.69, 9.17) is 4.99 Å². The van der Waals surface area contributed by atoms with Crippen LogP contribution >= 0.6 is 0 Å². The summed E-state index contributed by atoms with van der Waals surface area (Å²) in [5, 5.41) is 15.4. The van der Waals surface area contributed by atoms with Crippen molar-refractivity contribution in [3.05, 3.63) is 77.4 Å². The Hall–Kier alpha value is -3.35. The zero-order valence-electron chi connectivity index (χ0n) is 20.5. The van der Waals surface area contributed by atoms with Crippen LogP contribution in [-0.4, -0.2) is 40.9 Å². The molecule has 0 bridgehead atoms. The molecule has 0 fully saturated rings. The van der Waals surface area contributed by atoms with E-state index in [1.54, 1.807) is 0 Å². The number of nitrogens with zero attached hydrogens (tertiary/aromatic N) is 5. The van der Waals surface area contributed by atoms with Crippen molar-refractivity contribution >= 4 is 11.6 Å². The Kier molecular flexibility index (Phi) is 8.87. The lowest BCUT2D eigenvalue weighted by Gasteiger charge is -2.21. The fourth-order valence-corrected chi connectivity index (χ4v) is 3.56. The van der Waals surface area contributed by atoms with Gasteiger partial charge in [0.25, 0.3) is 0 Å². The predicted molar refractivity (Wildman–Crippen MR) is 137 cm³/mol. The SMILES string of the molecule is CCc1ccc(C(C)NC(=NCc2nnc(C)n2C)NCCCN(C)c2ccccc2)cc1. The number of nitrogens with one attached hydrogen (secondary N) is 2. The fraction of sp³-hybridized carbons (Fsp3) is 0.423. The zero-order chi connectivity index (χ0) is 23.6. The van der Waals surface area contributed by atoms with Gasteiger partial charge in [0.15, 0.2) is 11.8 Å². The molecule has 0 saturated carbocycles. The molecule has 1 heterocycles. The Labute approximate surface area is 198 Å². The molecule has 2 N–H and O–H groups in total. The maximum Gasteiger partial charge on any atom is 0.192 e. The summed E-state index contributed by atoms with van der Waals surface area (Å²) in [5.41, 5.74) is 3.81. The van der Waals surface area contributed by atoms with Crippen LogP contribution in [0.15, 0.2) is 59.6 Å². The topological polar surface area (TPSA) is 70.4 Å². The lowest BCUT2D eigenvalue weighted by atomic mass is 10.1. The minimum absolute atomic E-state index is 0.135. The number of aryl methyl sites for hydroxylation is 2. The van der Waals surface area contributed by atoms with Gasteiger partial charge in [0.1, 0.15) is 12.4 Å². The van der Waals surface area contributed by atoms with Crippen molar-refractivity contribution in [1.29, 1.82) is 0 Å². The minimum Gasteiger partial charge on any atom is -0.375 e. The highest BCUT2D eigenvalue weighted by atomic mass is 15.3. The molecule has 0 aliphatic carbocycles. The van der Waals surface area contributed by atoms with Gasteiger partial charge >= 0.3 is 0 Å². The third kappa shape index (κ3) is 7.07. The van der Waals surface area contributed by atoms with Gasteiger partial charge < -0.3 is 20.1 Å². The standard InChI is InChI=1S/C26H37N7/c1-6-22-13-15-23(16-14-22)20(2)29-26(28-19-25-31-30-21(3)33(25)5)27-17-10-18-32(4)24-11-8-7-9-12-24/h7-9,11-16,20H,6,10,17-19H2,1-5H3,(H2,27,28,29). The Morgan fingerprint density at radius 2 is 1.82 bits per heavy atom. The molecule has 7 nitrogen and oxygen atoms in total. The second-order valence-electron chi connectivity index (χ2n) is 8.39. The molecule has 0 aliphatic rings. The molecule has 7 heteroatoms. The number of hydrogen-bond donors (Lipinski definition) is 2. The van der Waals surface area contributed by atoms with Crippen molar-refractivity contribution in [1.82, 2.24) is 25.4 Å². The van der Waals surface area contributed by atoms with Gasteiger partial charge in [-0.1, -0.05) is 49.4 Å². The van der Waals surface area contributed by atoms with Gasteiger partial charge in [-0.3, -0.25) is 0 Å². The highest BCUT2D eigenvalue weighted by Gasteiger charge is 2.10. The number of anilines is 1. The van der Waals surface area contributed by atoms with E-state index in [1.165, 1.54) is 16.8 Å². The first kappa shape index (κ1) is 24.3. The average Bonchev–Trinajstić information content (AvgIpc) is 3.17. The Morgan fingerprint density at radius 1 is 1.09 bits per heavy atom. The highest BCUT2D eigenvalue weighted by molar-refractivity contribution is 5.80. The van der Waals surface area contributed by atoms with E-state index in [-0.39, 0.29) is 6.04 Å². The van der Waals surface area contributed by atoms with Crippen molar-refractivity contribution in [2.24, 2.45) is 12.0 Å². The number of benzene rings is 2. The smallest absolute Gasteiger partial charge is 0.192 e. The van der Waals surface area contributed by atoms with Crippen LogP contribution in [0.5, 0.6) is 0 Å². The molecule has 1 aromatic heterocycles. The van der Waals surface area contributed by atoms with Gasteiger partial charge in [-0.05, 0) is 49.9 Å². The third-order valence-corrected chi connectivity index (χ3v) is 5.96. The van der Waals surface area contributed by atoms with Gasteiger partial charge in [-0.2, -0.15) is 0 Å². The maximum atomic E-state index is 4.80. The molecule has 2 aromatic carbocycles. The number of aromatic nitrogens is 3. The van der Waals surface area contributed by atoms with Gasteiger partial charge in [-0.25, -0.2) is 4.99 Å². The number of aliphatic imine (C=N–C) groups is 1. The number of para-hydroxylation sites is 1. The lowest BCUT2D eigenvalue weighted by Crippen LogP contribution is -2.40. The van der Waals surface area contributed by atoms with Crippen LogP contribution in [0.1, 0.15) is 49.1 Å². The summed E-state index contributed by atoms with van der Waals surface area (Å²) >= 11 is 0. The summed E-state index contributed by atoms with van der Waals surface area (Å²) in [6, 6.07) is 19.4. The van der Waals surface area contributed by atoms with Crippen LogP contribution in [0.3, 0.4) is 0 Å². The summed E-state index contributed by atoms with van der Waals surface area (Å²) in [5.74, 6) is 2.51. The highest BCUT2D eigenvalue weighted by Crippen LogP contribution is 2.14. The number of hydrogen-bond acceptors (Lipinski definition) is 4. The van der Waals surface area contributed by atoms with Crippen molar-refractivity contribution in [2.75, 3.05) is 25.0 Å². The molecule has 0 amide bonds. The Balaban J connectivity index is 1.61. The average molecular weight is 448 g/mol. The first-order valence-electron chi connectivity index (χ1n) is 11.7. The lowest BCUT2D eigenvalue weighted by molar-refractivity contribution is 0.664. The molecular weight excluding hydrogens is 410 g/mol. The van der Waals surface area contributed by atoms with E-state index >= 15 is 0 Å². The van der Waals surface area contributed by atoms with E-state index in [1.807, 2.05) is 24.6 Å². The van der Waals surface area contributed by atoms with Crippen LogP contribution < -0.4 is 15.5 Å². The molecule has 33 heavy (non-hydrogen) atoms. The summed E-state index contributed by atoms with van der Waals surface area (Å²) in [6.07, 6.45) is 2.04. The molecular formula is C26H37N7. The van der Waals surface area contributed by atoms with E-state index in [0.29, 0.717) is 6.54 Å². The molecule has 1 atom stereocenters. The fourth-order valence-electron chi connectivity index (χ4n) is 3.56. The van der Waals surface area contributed by atoms with Gasteiger partial charge in [0.05, 0.1) is 6.04 Å². The Morgan fingerprint density at radius 3 is 2.45 bits per heavy atom. The molecule has 0 radical (unpaired) electrons. The predicted octanol–water partition coefficient (Wildman–Crippen LogP) is 4.01. The molecule has 176 valence electrons. The number of guanidine groups is 1. The van der Waals surface area contributed by atoms with Crippen LogP contribution in [0.4, 0.5) is 5.69 Å². The maximum absolute atomic E-state index is 4.80. The van der Waals surface area contributed by atoms with Crippen LogP contribution in [0.25, 0.3) is 0 Å². The first-order chi connectivity index (χ1) is 16.0. The summed E-state index contributed by atoms with van der Waals surface area (Å²) in [6.45, 7) is 8.53. The number of rotatable bonds is 10.